The summed E-state index contributed by atoms with van der Waals surface area (Å²) >= 11 is 3.36. The molecule has 2 aliphatic carbocycles. The molecule has 0 aliphatic heterocycles. The maximum atomic E-state index is 12.2. The van der Waals surface area contributed by atoms with Gasteiger partial charge in [-0.25, -0.2) is 0 Å². The minimum atomic E-state index is -0.289. The smallest absolute Gasteiger partial charge is 0.224 e. The Labute approximate surface area is 116 Å². The third-order valence-electron chi connectivity index (χ3n) is 4.41. The molecule has 4 atom stereocenters. The lowest BCUT2D eigenvalue weighted by Gasteiger charge is -2.27. The number of halogens is 1. The molecule has 0 saturated heterocycles. The number of hydrogen-bond acceptors (Lipinski definition) is 2. The first-order valence-corrected chi connectivity index (χ1v) is 7.90. The Balaban J connectivity index is 1.90. The van der Waals surface area contributed by atoms with E-state index in [0.29, 0.717) is 18.4 Å². The van der Waals surface area contributed by atoms with E-state index in [2.05, 4.69) is 21.2 Å². The molecule has 0 radical (unpaired) electrons. The van der Waals surface area contributed by atoms with Gasteiger partial charge >= 0.3 is 0 Å². The predicted molar refractivity (Wildman–Crippen MR) is 73.0 cm³/mol. The summed E-state index contributed by atoms with van der Waals surface area (Å²) in [6.45, 7) is 0.698. The number of carbonyl (C=O) groups is 2. The van der Waals surface area contributed by atoms with E-state index in [1.54, 1.807) is 0 Å². The zero-order valence-corrected chi connectivity index (χ0v) is 12.1. The van der Waals surface area contributed by atoms with Crippen LogP contribution in [0.4, 0.5) is 0 Å². The standard InChI is InChI=1S/C13H21BrN2O2/c14-5-1-2-6-16-13(18)11-9-4-3-8(7-9)10(11)12(15)17/h8-11H,1-7H2,(H2,15,17)(H,16,18). The largest absolute Gasteiger partial charge is 0.369 e. The summed E-state index contributed by atoms with van der Waals surface area (Å²) in [6.07, 6.45) is 5.17. The van der Waals surface area contributed by atoms with E-state index in [1.165, 1.54) is 0 Å². The van der Waals surface area contributed by atoms with Crippen molar-refractivity contribution in [2.24, 2.45) is 29.4 Å². The van der Waals surface area contributed by atoms with Gasteiger partial charge in [-0.05, 0) is 43.9 Å². The fourth-order valence-corrected chi connectivity index (χ4v) is 4.02. The number of nitrogens with one attached hydrogen (secondary N) is 1. The molecule has 4 unspecified atom stereocenters. The maximum Gasteiger partial charge on any atom is 0.224 e. The van der Waals surface area contributed by atoms with E-state index in [4.69, 9.17) is 5.73 Å². The van der Waals surface area contributed by atoms with Crippen LogP contribution < -0.4 is 11.1 Å². The average Bonchev–Trinajstić information content (AvgIpc) is 2.94. The van der Waals surface area contributed by atoms with E-state index in [-0.39, 0.29) is 23.7 Å². The molecule has 0 aromatic rings. The first-order chi connectivity index (χ1) is 8.65. The maximum absolute atomic E-state index is 12.2. The minimum Gasteiger partial charge on any atom is -0.369 e. The summed E-state index contributed by atoms with van der Waals surface area (Å²) in [5.41, 5.74) is 5.46. The third kappa shape index (κ3) is 2.71. The zero-order valence-electron chi connectivity index (χ0n) is 10.5. The normalized spacial score (nSPS) is 33.6. The van der Waals surface area contributed by atoms with Crippen molar-refractivity contribution in [2.75, 3.05) is 11.9 Å². The van der Waals surface area contributed by atoms with Gasteiger partial charge in [0.15, 0.2) is 0 Å². The SMILES string of the molecule is NC(=O)C1C2CCC(C2)C1C(=O)NCCCCBr. The second-order valence-electron chi connectivity index (χ2n) is 5.47. The quantitative estimate of drug-likeness (QED) is 0.574. The first-order valence-electron chi connectivity index (χ1n) is 6.78. The number of rotatable bonds is 6. The van der Waals surface area contributed by atoms with Crippen LogP contribution in [0.15, 0.2) is 0 Å². The molecule has 2 amide bonds. The second-order valence-corrected chi connectivity index (χ2v) is 6.27. The number of amides is 2. The van der Waals surface area contributed by atoms with Crippen molar-refractivity contribution >= 4 is 27.7 Å². The predicted octanol–water partition coefficient (Wildman–Crippen LogP) is 1.43. The summed E-state index contributed by atoms with van der Waals surface area (Å²) in [4.78, 5) is 23.7. The molecular weight excluding hydrogens is 296 g/mol. The summed E-state index contributed by atoms with van der Waals surface area (Å²) < 4.78 is 0. The average molecular weight is 317 g/mol. The Hall–Kier alpha value is -0.580. The van der Waals surface area contributed by atoms with Gasteiger partial charge in [-0.2, -0.15) is 0 Å². The van der Waals surface area contributed by atoms with E-state index in [0.717, 1.165) is 37.4 Å². The van der Waals surface area contributed by atoms with Gasteiger partial charge in [0, 0.05) is 11.9 Å². The van der Waals surface area contributed by atoms with Gasteiger partial charge in [0.2, 0.25) is 11.8 Å². The van der Waals surface area contributed by atoms with E-state index in [1.807, 2.05) is 0 Å². The Morgan fingerprint density at radius 3 is 2.44 bits per heavy atom. The lowest BCUT2D eigenvalue weighted by atomic mass is 9.78. The molecule has 2 fully saturated rings. The summed E-state index contributed by atoms with van der Waals surface area (Å²) in [5.74, 6) is 0.1000. The van der Waals surface area contributed by atoms with Gasteiger partial charge in [-0.3, -0.25) is 9.59 Å². The lowest BCUT2D eigenvalue weighted by Crippen LogP contribution is -2.43. The highest BCUT2D eigenvalue weighted by Crippen LogP contribution is 2.52. The van der Waals surface area contributed by atoms with E-state index in [9.17, 15) is 9.59 Å². The van der Waals surface area contributed by atoms with Gasteiger partial charge in [0.05, 0.1) is 11.8 Å². The Kier molecular flexibility index (Phi) is 4.65. The number of alkyl halides is 1. The Morgan fingerprint density at radius 2 is 1.83 bits per heavy atom. The van der Waals surface area contributed by atoms with E-state index >= 15 is 0 Å². The van der Waals surface area contributed by atoms with Gasteiger partial charge < -0.3 is 11.1 Å². The van der Waals surface area contributed by atoms with Crippen molar-refractivity contribution < 1.29 is 9.59 Å². The van der Waals surface area contributed by atoms with Crippen LogP contribution in [-0.2, 0) is 9.59 Å². The highest BCUT2D eigenvalue weighted by atomic mass is 79.9. The molecule has 2 saturated carbocycles. The Bertz CT molecular complexity index is 335. The van der Waals surface area contributed by atoms with Crippen LogP contribution >= 0.6 is 15.9 Å². The van der Waals surface area contributed by atoms with Crippen LogP contribution in [0.3, 0.4) is 0 Å². The molecule has 4 nitrogen and oxygen atoms in total. The molecule has 0 spiro atoms. The van der Waals surface area contributed by atoms with Crippen molar-refractivity contribution in [3.05, 3.63) is 0 Å². The molecule has 3 N–H and O–H groups in total. The molecule has 2 rings (SSSR count). The number of carbonyl (C=O) groups excluding carboxylic acids is 2. The molecule has 0 heterocycles. The number of nitrogens with two attached hydrogens (primary N) is 1. The van der Waals surface area contributed by atoms with Crippen molar-refractivity contribution in [3.63, 3.8) is 0 Å². The fraction of sp³-hybridized carbons (Fsp3) is 0.846. The van der Waals surface area contributed by atoms with Crippen molar-refractivity contribution in [1.82, 2.24) is 5.32 Å². The molecule has 18 heavy (non-hydrogen) atoms. The number of unbranched alkanes of at least 4 members (excludes halogenated alkanes) is 1. The van der Waals surface area contributed by atoms with Crippen LogP contribution in [-0.4, -0.2) is 23.7 Å². The monoisotopic (exact) mass is 316 g/mol. The van der Waals surface area contributed by atoms with Crippen LogP contribution in [0.1, 0.15) is 32.1 Å². The highest BCUT2D eigenvalue weighted by Gasteiger charge is 2.52. The topological polar surface area (TPSA) is 72.2 Å². The van der Waals surface area contributed by atoms with Crippen molar-refractivity contribution in [2.45, 2.75) is 32.1 Å². The van der Waals surface area contributed by atoms with Gasteiger partial charge in [-0.1, -0.05) is 15.9 Å². The third-order valence-corrected chi connectivity index (χ3v) is 4.97. The fourth-order valence-electron chi connectivity index (χ4n) is 3.63. The number of hydrogen-bond donors (Lipinski definition) is 2. The lowest BCUT2D eigenvalue weighted by molar-refractivity contribution is -0.135. The molecule has 2 aliphatic rings. The molecule has 0 aromatic heterocycles. The van der Waals surface area contributed by atoms with Crippen LogP contribution in [0.5, 0.6) is 0 Å². The Morgan fingerprint density at radius 1 is 1.17 bits per heavy atom. The van der Waals surface area contributed by atoms with E-state index < -0.39 is 0 Å². The summed E-state index contributed by atoms with van der Waals surface area (Å²) in [5, 5.41) is 3.92. The highest BCUT2D eigenvalue weighted by molar-refractivity contribution is 9.09. The summed E-state index contributed by atoms with van der Waals surface area (Å²) in [7, 11) is 0. The molecule has 102 valence electrons. The van der Waals surface area contributed by atoms with Crippen molar-refractivity contribution in [1.29, 1.82) is 0 Å². The summed E-state index contributed by atoms with van der Waals surface area (Å²) in [6, 6.07) is 0. The zero-order chi connectivity index (χ0) is 13.1. The van der Waals surface area contributed by atoms with Gasteiger partial charge in [-0.15, -0.1) is 0 Å². The number of primary amides is 1. The van der Waals surface area contributed by atoms with Crippen LogP contribution in [0, 0.1) is 23.7 Å². The first kappa shape index (κ1) is 13.8. The molecule has 2 bridgehead atoms. The molecular formula is C13H21BrN2O2. The van der Waals surface area contributed by atoms with Gasteiger partial charge in [0.1, 0.15) is 0 Å². The van der Waals surface area contributed by atoms with Crippen LogP contribution in [0.2, 0.25) is 0 Å². The molecule has 0 aromatic carbocycles. The number of fused-ring (bicyclic) bond motifs is 2. The van der Waals surface area contributed by atoms with Gasteiger partial charge in [0.25, 0.3) is 0 Å². The second kappa shape index (κ2) is 6.04. The van der Waals surface area contributed by atoms with Crippen molar-refractivity contribution in [3.8, 4) is 0 Å². The molecule has 5 heteroatoms. The minimum absolute atomic E-state index is 0.0422. The van der Waals surface area contributed by atoms with Crippen LogP contribution in [0.25, 0.3) is 0 Å².